The van der Waals surface area contributed by atoms with Gasteiger partial charge in [0.25, 0.3) is 0 Å². The molecule has 0 aliphatic rings. The molecule has 106 valence electrons. The smallest absolute Gasteiger partial charge is 0.119 e. The van der Waals surface area contributed by atoms with E-state index in [1.807, 2.05) is 18.2 Å². The van der Waals surface area contributed by atoms with Gasteiger partial charge in [0.05, 0.1) is 26.7 Å². The maximum atomic E-state index is 5.30. The molecule has 0 aliphatic carbocycles. The Labute approximate surface area is 120 Å². The number of nitrogens with one attached hydrogen (secondary N) is 2. The lowest BCUT2D eigenvalue weighted by Gasteiger charge is -2.15. The molecule has 0 amide bonds. The van der Waals surface area contributed by atoms with Crippen molar-refractivity contribution in [1.82, 2.24) is 4.98 Å². The van der Waals surface area contributed by atoms with Crippen LogP contribution in [0.1, 0.15) is 5.56 Å². The van der Waals surface area contributed by atoms with Gasteiger partial charge in [-0.15, -0.1) is 0 Å². The number of H-pyrrole nitrogens is 1. The predicted octanol–water partition coefficient (Wildman–Crippen LogP) is 1.98. The monoisotopic (exact) mass is 271 g/mol. The lowest BCUT2D eigenvalue weighted by molar-refractivity contribution is -0.887. The number of hydrogen-bond donors (Lipinski definition) is 2. The van der Waals surface area contributed by atoms with Gasteiger partial charge in [-0.2, -0.15) is 0 Å². The van der Waals surface area contributed by atoms with Crippen LogP contribution < -0.4 is 9.64 Å². The Balaban J connectivity index is 2.12. The van der Waals surface area contributed by atoms with Crippen LogP contribution >= 0.6 is 0 Å². The van der Waals surface area contributed by atoms with Crippen LogP contribution in [-0.2, 0) is 6.42 Å². The van der Waals surface area contributed by atoms with E-state index < -0.39 is 0 Å². The van der Waals surface area contributed by atoms with E-state index in [-0.39, 0.29) is 0 Å². The van der Waals surface area contributed by atoms with Crippen molar-refractivity contribution in [2.24, 2.45) is 0 Å². The van der Waals surface area contributed by atoms with Crippen LogP contribution in [0.2, 0.25) is 0 Å². The number of aromatic amines is 1. The first kappa shape index (κ1) is 14.4. The average molecular weight is 271 g/mol. The normalized spacial score (nSPS) is 10.9. The summed E-state index contributed by atoms with van der Waals surface area (Å²) in [7, 11) is 1.70. The zero-order chi connectivity index (χ0) is 14.4. The summed E-state index contributed by atoms with van der Waals surface area (Å²) in [5, 5.41) is 1.25. The molecule has 1 aromatic heterocycles. The topological polar surface area (TPSA) is 29.5 Å². The molecule has 2 N–H and O–H groups in total. The van der Waals surface area contributed by atoms with Gasteiger partial charge in [-0.05, 0) is 35.9 Å². The van der Waals surface area contributed by atoms with Crippen molar-refractivity contribution >= 4 is 10.9 Å². The minimum Gasteiger partial charge on any atom is -0.497 e. The van der Waals surface area contributed by atoms with E-state index in [1.165, 1.54) is 15.8 Å². The Bertz CT molecular complexity index is 576. The van der Waals surface area contributed by atoms with Crippen LogP contribution in [0.5, 0.6) is 5.75 Å². The molecule has 0 unspecified atom stereocenters. The molecular formula is C17H23N2O+. The largest absolute Gasteiger partial charge is 0.497 e. The van der Waals surface area contributed by atoms with E-state index in [1.54, 1.807) is 7.11 Å². The average Bonchev–Trinajstić information content (AvgIpc) is 2.87. The Morgan fingerprint density at radius 2 is 2.00 bits per heavy atom. The summed E-state index contributed by atoms with van der Waals surface area (Å²) in [6, 6.07) is 6.15. The fourth-order valence-corrected chi connectivity index (χ4v) is 2.50. The zero-order valence-corrected chi connectivity index (χ0v) is 12.1. The number of ether oxygens (including phenoxy) is 1. The van der Waals surface area contributed by atoms with Gasteiger partial charge in [-0.3, -0.25) is 0 Å². The second kappa shape index (κ2) is 6.96. The van der Waals surface area contributed by atoms with Crippen molar-refractivity contribution in [1.29, 1.82) is 0 Å². The molecule has 20 heavy (non-hydrogen) atoms. The van der Waals surface area contributed by atoms with Crippen molar-refractivity contribution in [3.8, 4) is 5.75 Å². The van der Waals surface area contributed by atoms with E-state index in [4.69, 9.17) is 4.74 Å². The standard InChI is InChI=1S/C17H22N2O/c1-4-9-19(10-5-2)11-8-14-13-18-17-7-6-15(20-3)12-16(14)17/h4-7,12-13,18H,1-2,8-11H2,3H3/p+1. The summed E-state index contributed by atoms with van der Waals surface area (Å²) >= 11 is 0. The maximum absolute atomic E-state index is 5.30. The number of quaternary nitrogens is 1. The lowest BCUT2D eigenvalue weighted by Crippen LogP contribution is -3.11. The van der Waals surface area contributed by atoms with Crippen molar-refractivity contribution in [2.75, 3.05) is 26.7 Å². The molecule has 3 heteroatoms. The summed E-state index contributed by atoms with van der Waals surface area (Å²) in [6.45, 7) is 10.7. The number of methoxy groups -OCH3 is 1. The molecule has 0 saturated heterocycles. The Morgan fingerprint density at radius 3 is 2.65 bits per heavy atom. The van der Waals surface area contributed by atoms with Crippen molar-refractivity contribution < 1.29 is 9.64 Å². The first-order chi connectivity index (χ1) is 9.78. The fraction of sp³-hybridized carbons (Fsp3) is 0.294. The molecule has 1 heterocycles. The molecule has 0 bridgehead atoms. The van der Waals surface area contributed by atoms with E-state index in [2.05, 4.69) is 36.5 Å². The van der Waals surface area contributed by atoms with Crippen LogP contribution in [0.25, 0.3) is 10.9 Å². The van der Waals surface area contributed by atoms with Gasteiger partial charge in [0, 0.05) is 23.5 Å². The summed E-state index contributed by atoms with van der Waals surface area (Å²) in [6.07, 6.45) is 7.07. The summed E-state index contributed by atoms with van der Waals surface area (Å²) in [5.74, 6) is 0.903. The van der Waals surface area contributed by atoms with Crippen molar-refractivity contribution in [3.05, 3.63) is 55.3 Å². The quantitative estimate of drug-likeness (QED) is 0.706. The summed E-state index contributed by atoms with van der Waals surface area (Å²) < 4.78 is 5.30. The summed E-state index contributed by atoms with van der Waals surface area (Å²) in [5.41, 5.74) is 2.50. The van der Waals surface area contributed by atoms with Crippen LogP contribution in [0.3, 0.4) is 0 Å². The Morgan fingerprint density at radius 1 is 1.25 bits per heavy atom. The van der Waals surface area contributed by atoms with Gasteiger partial charge in [0.15, 0.2) is 0 Å². The summed E-state index contributed by atoms with van der Waals surface area (Å²) in [4.78, 5) is 4.80. The Hall–Kier alpha value is -2.00. The molecule has 1 aromatic carbocycles. The number of aromatic nitrogens is 1. The first-order valence-electron chi connectivity index (χ1n) is 6.97. The predicted molar refractivity (Wildman–Crippen MR) is 84.5 cm³/mol. The van der Waals surface area contributed by atoms with E-state index >= 15 is 0 Å². The van der Waals surface area contributed by atoms with Gasteiger partial charge >= 0.3 is 0 Å². The number of hydrogen-bond acceptors (Lipinski definition) is 1. The molecule has 0 aliphatic heterocycles. The van der Waals surface area contributed by atoms with E-state index in [0.29, 0.717) is 0 Å². The molecular weight excluding hydrogens is 248 g/mol. The fourth-order valence-electron chi connectivity index (χ4n) is 2.50. The number of fused-ring (bicyclic) bond motifs is 1. The van der Waals surface area contributed by atoms with Gasteiger partial charge in [-0.25, -0.2) is 0 Å². The van der Waals surface area contributed by atoms with E-state index in [9.17, 15) is 0 Å². The SMILES string of the molecule is C=CC[NH+](CC=C)CCc1c[nH]c2ccc(OC)cc12. The highest BCUT2D eigenvalue weighted by molar-refractivity contribution is 5.84. The molecule has 3 nitrogen and oxygen atoms in total. The molecule has 0 saturated carbocycles. The molecule has 2 rings (SSSR count). The third-order valence-electron chi connectivity index (χ3n) is 3.59. The number of rotatable bonds is 8. The second-order valence-electron chi connectivity index (χ2n) is 4.96. The van der Waals surface area contributed by atoms with Crippen LogP contribution in [0, 0.1) is 0 Å². The zero-order valence-electron chi connectivity index (χ0n) is 12.1. The van der Waals surface area contributed by atoms with Gasteiger partial charge in [-0.1, -0.05) is 13.2 Å². The Kier molecular flexibility index (Phi) is 5.02. The first-order valence-corrected chi connectivity index (χ1v) is 6.97. The van der Waals surface area contributed by atoms with E-state index in [0.717, 1.165) is 37.3 Å². The molecule has 0 radical (unpaired) electrons. The highest BCUT2D eigenvalue weighted by Gasteiger charge is 2.09. The van der Waals surface area contributed by atoms with Gasteiger partial charge in [0.2, 0.25) is 0 Å². The van der Waals surface area contributed by atoms with Crippen LogP contribution in [0.15, 0.2) is 49.7 Å². The molecule has 2 aromatic rings. The minimum atomic E-state index is 0.903. The van der Waals surface area contributed by atoms with Crippen LogP contribution in [-0.4, -0.2) is 31.7 Å². The molecule has 0 atom stereocenters. The van der Waals surface area contributed by atoms with Crippen LogP contribution in [0.4, 0.5) is 0 Å². The van der Waals surface area contributed by atoms with Gasteiger partial charge in [0.1, 0.15) is 5.75 Å². The third-order valence-corrected chi connectivity index (χ3v) is 3.59. The molecule has 0 spiro atoms. The lowest BCUT2D eigenvalue weighted by atomic mass is 10.1. The maximum Gasteiger partial charge on any atom is 0.119 e. The minimum absolute atomic E-state index is 0.903. The third kappa shape index (κ3) is 3.31. The second-order valence-corrected chi connectivity index (χ2v) is 4.96. The number of benzene rings is 1. The molecule has 0 fully saturated rings. The van der Waals surface area contributed by atoms with Gasteiger partial charge < -0.3 is 14.6 Å². The highest BCUT2D eigenvalue weighted by atomic mass is 16.5. The van der Waals surface area contributed by atoms with Crippen molar-refractivity contribution in [2.45, 2.75) is 6.42 Å². The highest BCUT2D eigenvalue weighted by Crippen LogP contribution is 2.23. The van der Waals surface area contributed by atoms with Crippen molar-refractivity contribution in [3.63, 3.8) is 0 Å².